The highest BCUT2D eigenvalue weighted by atomic mass is 35.5. The summed E-state index contributed by atoms with van der Waals surface area (Å²) < 4.78 is 46.2. The average Bonchev–Trinajstić information content (AvgIpc) is 3.46. The molecule has 2 aromatic carbocycles. The molecule has 1 aliphatic rings. The molecule has 214 valence electrons. The first-order valence-electron chi connectivity index (χ1n) is 12.9. The predicted molar refractivity (Wildman–Crippen MR) is 147 cm³/mol. The standard InChI is InChI=1S/C29H22ClF3N6O3/c1-16-36-25(38-42-16)24-12-18-11-21(30)4-7-23(18)39(24)22-5-2-17(3-6-22)13-35-27(41)28(8-9-28)37-26(40)19-10-20(15-34-14-19)29(31,32)33/h2-7,10-12,14-15H,8-9,13H2,1H3,(H,35,41)(H,37,40). The zero-order valence-corrected chi connectivity index (χ0v) is 22.8. The van der Waals surface area contributed by atoms with E-state index in [-0.39, 0.29) is 12.1 Å². The van der Waals surface area contributed by atoms with Gasteiger partial charge in [-0.05, 0) is 60.9 Å². The second-order valence-corrected chi connectivity index (χ2v) is 10.5. The number of hydrogen-bond acceptors (Lipinski definition) is 6. The van der Waals surface area contributed by atoms with E-state index in [1.165, 1.54) is 0 Å². The van der Waals surface area contributed by atoms with Crippen LogP contribution in [-0.2, 0) is 17.5 Å². The first-order chi connectivity index (χ1) is 20.0. The van der Waals surface area contributed by atoms with E-state index in [4.69, 9.17) is 16.1 Å². The Balaban J connectivity index is 1.16. The molecule has 0 saturated heterocycles. The lowest BCUT2D eigenvalue weighted by atomic mass is 10.1. The summed E-state index contributed by atoms with van der Waals surface area (Å²) in [5.41, 5.74) is 0.744. The summed E-state index contributed by atoms with van der Waals surface area (Å²) in [6.45, 7) is 1.89. The minimum Gasteiger partial charge on any atom is -0.350 e. The van der Waals surface area contributed by atoms with Gasteiger partial charge in [-0.2, -0.15) is 18.2 Å². The van der Waals surface area contributed by atoms with Crippen LogP contribution >= 0.6 is 11.6 Å². The lowest BCUT2D eigenvalue weighted by molar-refractivity contribution is -0.137. The van der Waals surface area contributed by atoms with E-state index in [9.17, 15) is 22.8 Å². The van der Waals surface area contributed by atoms with Crippen LogP contribution in [0.5, 0.6) is 0 Å². The number of fused-ring (bicyclic) bond motifs is 1. The van der Waals surface area contributed by atoms with Crippen molar-refractivity contribution in [3.05, 3.63) is 94.6 Å². The van der Waals surface area contributed by atoms with E-state index in [1.807, 2.05) is 47.0 Å². The second kappa shape index (κ2) is 10.3. The third-order valence-electron chi connectivity index (χ3n) is 7.03. The van der Waals surface area contributed by atoms with E-state index in [0.717, 1.165) is 28.4 Å². The molecule has 0 unspecified atom stereocenters. The molecule has 5 aromatic rings. The maximum atomic E-state index is 13.0. The molecule has 0 spiro atoms. The van der Waals surface area contributed by atoms with E-state index in [1.54, 1.807) is 13.0 Å². The first-order valence-corrected chi connectivity index (χ1v) is 13.2. The van der Waals surface area contributed by atoms with Gasteiger partial charge in [0.05, 0.1) is 22.3 Å². The molecular formula is C29H22ClF3N6O3. The van der Waals surface area contributed by atoms with Crippen LogP contribution in [0, 0.1) is 6.92 Å². The topological polar surface area (TPSA) is 115 Å². The summed E-state index contributed by atoms with van der Waals surface area (Å²) in [6, 6.07) is 15.7. The average molecular weight is 595 g/mol. The van der Waals surface area contributed by atoms with Gasteiger partial charge in [-0.1, -0.05) is 28.9 Å². The number of carbonyl (C=O) groups excluding carboxylic acids is 2. The number of benzene rings is 2. The number of halogens is 4. The molecule has 6 rings (SSSR count). The Labute approximate surface area is 241 Å². The van der Waals surface area contributed by atoms with Gasteiger partial charge in [-0.3, -0.25) is 14.6 Å². The van der Waals surface area contributed by atoms with Gasteiger partial charge in [0.25, 0.3) is 5.91 Å². The normalized spacial score (nSPS) is 14.1. The van der Waals surface area contributed by atoms with Crippen molar-refractivity contribution >= 4 is 34.3 Å². The van der Waals surface area contributed by atoms with Crippen LogP contribution in [0.25, 0.3) is 28.1 Å². The van der Waals surface area contributed by atoms with Crippen molar-refractivity contribution in [3.63, 3.8) is 0 Å². The summed E-state index contributed by atoms with van der Waals surface area (Å²) in [6.07, 6.45) is -2.21. The van der Waals surface area contributed by atoms with E-state index < -0.39 is 29.1 Å². The monoisotopic (exact) mass is 594 g/mol. The number of rotatable bonds is 7. The summed E-state index contributed by atoms with van der Waals surface area (Å²) >= 11 is 6.22. The number of aryl methyl sites for hydroxylation is 1. The highest BCUT2D eigenvalue weighted by molar-refractivity contribution is 6.31. The minimum atomic E-state index is -4.64. The number of alkyl halides is 3. The van der Waals surface area contributed by atoms with Crippen LogP contribution in [0.3, 0.4) is 0 Å². The van der Waals surface area contributed by atoms with E-state index in [2.05, 4.69) is 25.8 Å². The summed E-state index contributed by atoms with van der Waals surface area (Å²) in [4.78, 5) is 33.5. The van der Waals surface area contributed by atoms with Crippen LogP contribution in [0.4, 0.5) is 13.2 Å². The zero-order valence-electron chi connectivity index (χ0n) is 22.0. The molecule has 2 N–H and O–H groups in total. The van der Waals surface area contributed by atoms with Crippen molar-refractivity contribution in [2.45, 2.75) is 38.0 Å². The van der Waals surface area contributed by atoms with Crippen LogP contribution in [0.2, 0.25) is 5.02 Å². The lowest BCUT2D eigenvalue weighted by Gasteiger charge is -2.18. The quantitative estimate of drug-likeness (QED) is 0.252. The van der Waals surface area contributed by atoms with Gasteiger partial charge in [0.15, 0.2) is 0 Å². The number of amides is 2. The van der Waals surface area contributed by atoms with Crippen LogP contribution in [0.1, 0.15) is 40.2 Å². The molecule has 1 aliphatic carbocycles. The van der Waals surface area contributed by atoms with Crippen molar-refractivity contribution in [2.24, 2.45) is 0 Å². The highest BCUT2D eigenvalue weighted by Crippen LogP contribution is 2.37. The molecule has 0 aliphatic heterocycles. The van der Waals surface area contributed by atoms with Gasteiger partial charge < -0.3 is 19.7 Å². The Morgan fingerprint density at radius 3 is 2.50 bits per heavy atom. The van der Waals surface area contributed by atoms with Gasteiger partial charge in [0.1, 0.15) is 5.54 Å². The molecule has 3 aromatic heterocycles. The fourth-order valence-electron chi connectivity index (χ4n) is 4.69. The van der Waals surface area contributed by atoms with Gasteiger partial charge >= 0.3 is 6.18 Å². The number of hydrogen-bond donors (Lipinski definition) is 2. The van der Waals surface area contributed by atoms with Crippen molar-refractivity contribution in [1.29, 1.82) is 0 Å². The van der Waals surface area contributed by atoms with Crippen molar-refractivity contribution in [3.8, 4) is 17.2 Å². The number of nitrogens with one attached hydrogen (secondary N) is 2. The molecule has 13 heteroatoms. The molecule has 1 saturated carbocycles. The van der Waals surface area contributed by atoms with Crippen LogP contribution < -0.4 is 10.6 Å². The van der Waals surface area contributed by atoms with Crippen LogP contribution in [-0.4, -0.2) is 37.0 Å². The summed E-state index contributed by atoms with van der Waals surface area (Å²) in [5.74, 6) is -0.350. The number of pyridine rings is 1. The molecule has 9 nitrogen and oxygen atoms in total. The first kappa shape index (κ1) is 27.5. The minimum absolute atomic E-state index is 0.181. The molecule has 1 fully saturated rings. The van der Waals surface area contributed by atoms with Gasteiger partial charge in [-0.25, -0.2) is 0 Å². The number of nitrogens with zero attached hydrogens (tertiary/aromatic N) is 4. The van der Waals surface area contributed by atoms with Gasteiger partial charge in [-0.15, -0.1) is 0 Å². The SMILES string of the molecule is Cc1nc(-c2cc3cc(Cl)ccc3n2-c2ccc(CNC(=O)C3(NC(=O)c4cncc(C(F)(F)F)c4)CC3)cc2)no1. The number of aromatic nitrogens is 4. The molecule has 0 bridgehead atoms. The Morgan fingerprint density at radius 1 is 1.07 bits per heavy atom. The molecular weight excluding hydrogens is 573 g/mol. The molecule has 2 amide bonds. The summed E-state index contributed by atoms with van der Waals surface area (Å²) in [7, 11) is 0. The van der Waals surface area contributed by atoms with E-state index in [0.29, 0.717) is 47.5 Å². The molecule has 0 radical (unpaired) electrons. The maximum absolute atomic E-state index is 13.0. The Morgan fingerprint density at radius 2 is 1.83 bits per heavy atom. The molecule has 42 heavy (non-hydrogen) atoms. The zero-order chi connectivity index (χ0) is 29.6. The third-order valence-corrected chi connectivity index (χ3v) is 7.27. The highest BCUT2D eigenvalue weighted by Gasteiger charge is 2.51. The smallest absolute Gasteiger partial charge is 0.350 e. The lowest BCUT2D eigenvalue weighted by Crippen LogP contribution is -2.48. The molecule has 0 atom stereocenters. The van der Waals surface area contributed by atoms with E-state index >= 15 is 0 Å². The Bertz CT molecular complexity index is 1830. The van der Waals surface area contributed by atoms with Crippen LogP contribution in [0.15, 0.2) is 71.5 Å². The largest absolute Gasteiger partial charge is 0.417 e. The molecule has 3 heterocycles. The third kappa shape index (κ3) is 5.32. The van der Waals surface area contributed by atoms with Crippen molar-refractivity contribution < 1.29 is 27.3 Å². The van der Waals surface area contributed by atoms with Gasteiger partial charge in [0, 0.05) is 42.0 Å². The Kier molecular flexibility index (Phi) is 6.72. The summed E-state index contributed by atoms with van der Waals surface area (Å²) in [5, 5.41) is 11.0. The maximum Gasteiger partial charge on any atom is 0.417 e. The van der Waals surface area contributed by atoms with Crippen molar-refractivity contribution in [2.75, 3.05) is 0 Å². The van der Waals surface area contributed by atoms with Gasteiger partial charge in [0.2, 0.25) is 17.6 Å². The van der Waals surface area contributed by atoms with Crippen molar-refractivity contribution in [1.82, 2.24) is 30.3 Å². The number of carbonyl (C=O) groups is 2. The Hall–Kier alpha value is -4.71. The fourth-order valence-corrected chi connectivity index (χ4v) is 4.87. The predicted octanol–water partition coefficient (Wildman–Crippen LogP) is 5.63. The second-order valence-electron chi connectivity index (χ2n) is 10.1. The fraction of sp³-hybridized carbons (Fsp3) is 0.207.